The van der Waals surface area contributed by atoms with Crippen molar-refractivity contribution in [2.75, 3.05) is 13.2 Å². The third-order valence-electron chi connectivity index (χ3n) is 3.68. The third kappa shape index (κ3) is 4.83. The van der Waals surface area contributed by atoms with Crippen LogP contribution in [0, 0.1) is 0 Å². The van der Waals surface area contributed by atoms with E-state index in [9.17, 15) is 9.59 Å². The molecule has 2 aromatic carbocycles. The Morgan fingerprint density at radius 3 is 2.33 bits per heavy atom. The van der Waals surface area contributed by atoms with Crippen molar-refractivity contribution in [1.29, 1.82) is 0 Å². The molecule has 1 amide bonds. The highest BCUT2D eigenvalue weighted by Gasteiger charge is 2.14. The van der Waals surface area contributed by atoms with Crippen molar-refractivity contribution in [2.45, 2.75) is 20.4 Å². The zero-order chi connectivity index (χ0) is 17.5. The van der Waals surface area contributed by atoms with Gasteiger partial charge >= 0.3 is 0 Å². The predicted molar refractivity (Wildman–Crippen MR) is 94.5 cm³/mol. The van der Waals surface area contributed by atoms with E-state index in [0.717, 1.165) is 5.56 Å². The molecule has 4 nitrogen and oxygen atoms in total. The van der Waals surface area contributed by atoms with Crippen LogP contribution in [0.25, 0.3) is 0 Å². The van der Waals surface area contributed by atoms with Crippen molar-refractivity contribution in [1.82, 2.24) is 4.90 Å². The van der Waals surface area contributed by atoms with Crippen LogP contribution in [0.2, 0.25) is 5.02 Å². The molecule has 0 saturated heterocycles. The maximum Gasteiger partial charge on any atom is 0.260 e. The second-order valence-corrected chi connectivity index (χ2v) is 5.78. The standard InChI is InChI=1S/C19H20ClNO3/c1-3-21(12-16-6-4-5-7-18(16)20)19(23)13-24-17-10-8-15(9-11-17)14(2)22/h4-11H,3,12-13H2,1-2H3. The van der Waals surface area contributed by atoms with E-state index in [1.165, 1.54) is 6.92 Å². The van der Waals surface area contributed by atoms with Crippen LogP contribution in [-0.2, 0) is 11.3 Å². The largest absolute Gasteiger partial charge is 0.484 e. The van der Waals surface area contributed by atoms with Gasteiger partial charge in [-0.15, -0.1) is 0 Å². The number of nitrogens with zero attached hydrogens (tertiary/aromatic N) is 1. The highest BCUT2D eigenvalue weighted by molar-refractivity contribution is 6.31. The van der Waals surface area contributed by atoms with Gasteiger partial charge in [0.1, 0.15) is 5.75 Å². The monoisotopic (exact) mass is 345 g/mol. The number of hydrogen-bond donors (Lipinski definition) is 0. The number of carbonyl (C=O) groups is 2. The summed E-state index contributed by atoms with van der Waals surface area (Å²) in [7, 11) is 0. The first-order valence-electron chi connectivity index (χ1n) is 7.76. The Balaban J connectivity index is 1.94. The molecule has 0 heterocycles. The van der Waals surface area contributed by atoms with E-state index >= 15 is 0 Å². The topological polar surface area (TPSA) is 46.6 Å². The molecule has 24 heavy (non-hydrogen) atoms. The fourth-order valence-electron chi connectivity index (χ4n) is 2.23. The Morgan fingerprint density at radius 2 is 1.75 bits per heavy atom. The van der Waals surface area contributed by atoms with Crippen molar-refractivity contribution >= 4 is 23.3 Å². The number of hydrogen-bond acceptors (Lipinski definition) is 3. The highest BCUT2D eigenvalue weighted by atomic mass is 35.5. The fraction of sp³-hybridized carbons (Fsp3) is 0.263. The Morgan fingerprint density at radius 1 is 1.08 bits per heavy atom. The number of amides is 1. The SMILES string of the molecule is CCN(Cc1ccccc1Cl)C(=O)COc1ccc(C(C)=O)cc1. The van der Waals surface area contributed by atoms with Gasteiger partial charge in [-0.1, -0.05) is 29.8 Å². The van der Waals surface area contributed by atoms with E-state index in [1.54, 1.807) is 29.2 Å². The quantitative estimate of drug-likeness (QED) is 0.713. The van der Waals surface area contributed by atoms with E-state index < -0.39 is 0 Å². The fourth-order valence-corrected chi connectivity index (χ4v) is 2.43. The molecular formula is C19H20ClNO3. The molecular weight excluding hydrogens is 326 g/mol. The minimum absolute atomic E-state index is 0.00507. The zero-order valence-electron chi connectivity index (χ0n) is 13.8. The Labute approximate surface area is 147 Å². The van der Waals surface area contributed by atoms with E-state index in [0.29, 0.717) is 29.4 Å². The average molecular weight is 346 g/mol. The van der Waals surface area contributed by atoms with Crippen LogP contribution >= 0.6 is 11.6 Å². The number of ketones is 1. The molecule has 0 radical (unpaired) electrons. The van der Waals surface area contributed by atoms with Crippen LogP contribution in [0.4, 0.5) is 0 Å². The summed E-state index contributed by atoms with van der Waals surface area (Å²) >= 11 is 6.15. The molecule has 0 aromatic heterocycles. The van der Waals surface area contributed by atoms with Crippen LogP contribution < -0.4 is 4.74 Å². The predicted octanol–water partition coefficient (Wildman–Crippen LogP) is 3.97. The minimum atomic E-state index is -0.118. The number of likely N-dealkylation sites (N-methyl/N-ethyl adjacent to an activating group) is 1. The van der Waals surface area contributed by atoms with E-state index in [1.807, 2.05) is 31.2 Å². The number of carbonyl (C=O) groups excluding carboxylic acids is 2. The maximum atomic E-state index is 12.3. The van der Waals surface area contributed by atoms with Gasteiger partial charge in [0.05, 0.1) is 0 Å². The molecule has 0 aliphatic heterocycles. The summed E-state index contributed by atoms with van der Waals surface area (Å²) in [6, 6.07) is 14.2. The number of halogens is 1. The highest BCUT2D eigenvalue weighted by Crippen LogP contribution is 2.17. The van der Waals surface area contributed by atoms with Gasteiger partial charge in [-0.3, -0.25) is 9.59 Å². The normalized spacial score (nSPS) is 10.3. The van der Waals surface area contributed by atoms with Gasteiger partial charge in [0.25, 0.3) is 5.91 Å². The van der Waals surface area contributed by atoms with Crippen LogP contribution in [0.15, 0.2) is 48.5 Å². The van der Waals surface area contributed by atoms with Gasteiger partial charge in [0.15, 0.2) is 12.4 Å². The second-order valence-electron chi connectivity index (χ2n) is 5.37. The Kier molecular flexibility index (Phi) is 6.38. The molecule has 0 N–H and O–H groups in total. The molecule has 2 rings (SSSR count). The van der Waals surface area contributed by atoms with Crippen LogP contribution in [0.1, 0.15) is 29.8 Å². The number of ether oxygens (including phenoxy) is 1. The van der Waals surface area contributed by atoms with Gasteiger partial charge in [-0.2, -0.15) is 0 Å². The summed E-state index contributed by atoms with van der Waals surface area (Å²) in [4.78, 5) is 25.3. The van der Waals surface area contributed by atoms with Gasteiger partial charge < -0.3 is 9.64 Å². The molecule has 0 spiro atoms. The Hall–Kier alpha value is -2.33. The van der Waals surface area contributed by atoms with Crippen molar-refractivity contribution in [3.05, 3.63) is 64.7 Å². The number of Topliss-reactive ketones (excluding diaryl/α,β-unsaturated/α-hetero) is 1. The van der Waals surface area contributed by atoms with Crippen LogP contribution in [0.5, 0.6) is 5.75 Å². The van der Waals surface area contributed by atoms with Crippen molar-refractivity contribution in [3.8, 4) is 5.75 Å². The molecule has 126 valence electrons. The summed E-state index contributed by atoms with van der Waals surface area (Å²) in [6.45, 7) is 4.37. The van der Waals surface area contributed by atoms with Gasteiger partial charge in [0, 0.05) is 23.7 Å². The van der Waals surface area contributed by atoms with Crippen molar-refractivity contribution in [2.24, 2.45) is 0 Å². The lowest BCUT2D eigenvalue weighted by Crippen LogP contribution is -2.34. The number of rotatable bonds is 7. The number of benzene rings is 2. The van der Waals surface area contributed by atoms with E-state index in [4.69, 9.17) is 16.3 Å². The first-order chi connectivity index (χ1) is 11.5. The lowest BCUT2D eigenvalue weighted by atomic mass is 10.1. The molecule has 0 saturated carbocycles. The molecule has 0 aliphatic rings. The summed E-state index contributed by atoms with van der Waals surface area (Å²) in [6.07, 6.45) is 0. The van der Waals surface area contributed by atoms with Gasteiger partial charge in [-0.05, 0) is 49.7 Å². The lowest BCUT2D eigenvalue weighted by Gasteiger charge is -2.21. The molecule has 0 bridgehead atoms. The summed E-state index contributed by atoms with van der Waals surface area (Å²) in [5, 5.41) is 0.643. The van der Waals surface area contributed by atoms with Gasteiger partial charge in [-0.25, -0.2) is 0 Å². The van der Waals surface area contributed by atoms with E-state index in [2.05, 4.69) is 0 Å². The van der Waals surface area contributed by atoms with Crippen LogP contribution in [0.3, 0.4) is 0 Å². The molecule has 0 atom stereocenters. The summed E-state index contributed by atoms with van der Waals surface area (Å²) in [5.41, 5.74) is 1.52. The van der Waals surface area contributed by atoms with Crippen molar-refractivity contribution < 1.29 is 14.3 Å². The van der Waals surface area contributed by atoms with Gasteiger partial charge in [0.2, 0.25) is 0 Å². The maximum absolute atomic E-state index is 12.3. The second kappa shape index (κ2) is 8.50. The lowest BCUT2D eigenvalue weighted by molar-refractivity contribution is -0.133. The summed E-state index contributed by atoms with van der Waals surface area (Å²) in [5.74, 6) is 0.435. The Bertz CT molecular complexity index is 713. The van der Waals surface area contributed by atoms with Crippen LogP contribution in [-0.4, -0.2) is 29.7 Å². The molecule has 0 aliphatic carbocycles. The molecule has 5 heteroatoms. The average Bonchev–Trinajstić information content (AvgIpc) is 2.59. The zero-order valence-corrected chi connectivity index (χ0v) is 14.5. The van der Waals surface area contributed by atoms with E-state index in [-0.39, 0.29) is 18.3 Å². The minimum Gasteiger partial charge on any atom is -0.484 e. The molecule has 0 fully saturated rings. The summed E-state index contributed by atoms with van der Waals surface area (Å²) < 4.78 is 5.52. The first-order valence-corrected chi connectivity index (χ1v) is 8.14. The molecule has 0 unspecified atom stereocenters. The smallest absolute Gasteiger partial charge is 0.260 e. The molecule has 2 aromatic rings. The first kappa shape index (κ1) is 18.0. The van der Waals surface area contributed by atoms with Crippen molar-refractivity contribution in [3.63, 3.8) is 0 Å². The third-order valence-corrected chi connectivity index (χ3v) is 4.05.